The number of aromatic nitrogens is 4. The minimum atomic E-state index is 0.785. The van der Waals surface area contributed by atoms with Gasteiger partial charge in [0.15, 0.2) is 0 Å². The van der Waals surface area contributed by atoms with Crippen LogP contribution in [0.5, 0.6) is 0 Å². The monoisotopic (exact) mass is 2240 g/mol. The Kier molecular flexibility index (Phi) is 24.5. The number of fused-ring (bicyclic) bond motifs is 40. The number of nitrogens with zero attached hydrogens (tertiary/aromatic N) is 1. The Morgan fingerprint density at radius 2 is 0.534 bits per heavy atom. The highest BCUT2D eigenvalue weighted by Crippen LogP contribution is 2.52. The molecule has 644 valence electrons. The fourth-order valence-corrected chi connectivity index (χ4v) is 22.9. The van der Waals surface area contributed by atoms with E-state index in [9.17, 15) is 0 Å². The third kappa shape index (κ3) is 15.4. The van der Waals surface area contributed by atoms with Gasteiger partial charge in [0.2, 0.25) is 0 Å². The summed E-state index contributed by atoms with van der Waals surface area (Å²) in [6, 6.07) is 138. The maximum Gasteiger partial charge on any atom is 0.0577 e. The van der Waals surface area contributed by atoms with E-state index in [2.05, 4.69) is 499 Å². The van der Waals surface area contributed by atoms with Crippen molar-refractivity contribution >= 4 is 360 Å². The van der Waals surface area contributed by atoms with Crippen LogP contribution < -0.4 is 16.4 Å². The summed E-state index contributed by atoms with van der Waals surface area (Å²) in [4.78, 5) is 11.3. The molecule has 4 heterocycles. The van der Waals surface area contributed by atoms with E-state index in [1.807, 2.05) is 62.4 Å². The number of aromatic amines is 3. The first-order valence-electron chi connectivity index (χ1n) is 44.9. The van der Waals surface area contributed by atoms with Gasteiger partial charge in [0.25, 0.3) is 0 Å². The van der Waals surface area contributed by atoms with Gasteiger partial charge in [0.1, 0.15) is 0 Å². The summed E-state index contributed by atoms with van der Waals surface area (Å²) >= 11 is 17.8. The van der Waals surface area contributed by atoms with E-state index >= 15 is 0 Å². The Bertz CT molecular complexity index is 8930. The maximum atomic E-state index is 5.47. The van der Waals surface area contributed by atoms with Crippen LogP contribution in [0.2, 0.25) is 0 Å². The van der Waals surface area contributed by atoms with Gasteiger partial charge in [-0.05, 0) is 275 Å². The van der Waals surface area contributed by atoms with E-state index in [1.54, 1.807) is 0 Å². The molecule has 13 heteroatoms. The highest BCUT2D eigenvalue weighted by molar-refractivity contribution is 14.1. The van der Waals surface area contributed by atoms with Crippen molar-refractivity contribution in [2.45, 2.75) is 34.2 Å². The first kappa shape index (κ1) is 87.1. The van der Waals surface area contributed by atoms with Crippen LogP contribution in [-0.4, -0.2) is 23.9 Å². The third-order valence-corrected chi connectivity index (χ3v) is 29.5. The van der Waals surface area contributed by atoms with Gasteiger partial charge in [-0.15, -0.1) is 0 Å². The van der Waals surface area contributed by atoms with Gasteiger partial charge < -0.3 is 35.9 Å². The van der Waals surface area contributed by atoms with Crippen LogP contribution in [-0.2, 0) is 6.54 Å². The molecule has 7 N–H and O–H groups in total. The Hall–Kier alpha value is -12.6. The molecule has 0 unspecified atom stereocenters. The Balaban J connectivity index is 0.000000103. The molecule has 0 aliphatic heterocycles. The van der Waals surface area contributed by atoms with E-state index in [-0.39, 0.29) is 0 Å². The lowest BCUT2D eigenvalue weighted by Gasteiger charge is -2.18. The molecule has 27 rings (SSSR count). The summed E-state index contributed by atoms with van der Waals surface area (Å²) in [6.45, 7) is 9.30. The van der Waals surface area contributed by atoms with E-state index in [1.165, 1.54) is 228 Å². The molecule has 7 nitrogen and oxygen atoms in total. The van der Waals surface area contributed by atoms with E-state index in [0.717, 1.165) is 48.4 Å². The molecule has 0 radical (unpaired) electrons. The van der Waals surface area contributed by atoms with Crippen LogP contribution in [0, 0.1) is 7.14 Å². The average molecular weight is 2250 g/mol. The van der Waals surface area contributed by atoms with E-state index < -0.39 is 0 Å². The van der Waals surface area contributed by atoms with Crippen LogP contribution >= 0.6 is 116 Å². The zero-order valence-electron chi connectivity index (χ0n) is 73.2. The van der Waals surface area contributed by atoms with Crippen molar-refractivity contribution in [1.29, 1.82) is 0 Å². The number of anilines is 5. The van der Waals surface area contributed by atoms with Crippen molar-refractivity contribution in [2.24, 2.45) is 0 Å². The molecule has 0 bridgehead atoms. The molecule has 0 spiro atoms. The number of alkyl halides is 1. The predicted octanol–water partition coefficient (Wildman–Crippen LogP) is 38.3. The molecular weight excluding hydrogens is 2160 g/mol. The molecule has 0 amide bonds. The minimum Gasteiger partial charge on any atom is -0.398 e. The first-order valence-corrected chi connectivity index (χ1v) is 51.0. The number of nitrogen functional groups attached to an aromatic ring is 1. The van der Waals surface area contributed by atoms with Gasteiger partial charge in [-0.1, -0.05) is 347 Å². The quantitative estimate of drug-likeness (QED) is 0.0448. The molecule has 0 aliphatic carbocycles. The number of H-pyrrole nitrogens is 3. The lowest BCUT2D eigenvalue weighted by molar-refractivity contribution is 0.829. The molecule has 0 fully saturated rings. The molecule has 27 aromatic rings. The lowest BCUT2D eigenvalue weighted by atomic mass is 9.89. The fourth-order valence-electron chi connectivity index (χ4n) is 20.2. The van der Waals surface area contributed by atoms with Crippen LogP contribution in [0.25, 0.3) is 216 Å². The van der Waals surface area contributed by atoms with Gasteiger partial charge in [-0.2, -0.15) is 0 Å². The summed E-state index contributed by atoms with van der Waals surface area (Å²) < 4.78 is 9.39. The number of nitrogens with two attached hydrogens (primary N) is 1. The summed E-state index contributed by atoms with van der Waals surface area (Å²) in [5.41, 5.74) is 20.4. The summed E-state index contributed by atoms with van der Waals surface area (Å²) in [5.74, 6) is 0. The second-order valence-electron chi connectivity index (χ2n) is 32.9. The summed E-state index contributed by atoms with van der Waals surface area (Å²) in [6.07, 6.45) is 0. The van der Waals surface area contributed by atoms with Crippen molar-refractivity contribution in [3.05, 3.63) is 409 Å². The minimum absolute atomic E-state index is 0.785. The molecule has 4 aromatic heterocycles. The molecule has 133 heavy (non-hydrogen) atoms. The zero-order valence-corrected chi connectivity index (χ0v) is 84.4. The third-order valence-electron chi connectivity index (χ3n) is 25.6. The number of halogens is 6. The van der Waals surface area contributed by atoms with E-state index in [0.29, 0.717) is 0 Å². The lowest BCUT2D eigenvalue weighted by Crippen LogP contribution is -1.96. The normalized spacial score (nSPS) is 11.5. The smallest absolute Gasteiger partial charge is 0.0577 e. The summed E-state index contributed by atoms with van der Waals surface area (Å²) in [5, 5.41) is 49.0. The van der Waals surface area contributed by atoms with E-state index in [4.69, 9.17) is 5.73 Å². The topological polar surface area (TPSA) is 102 Å². The van der Waals surface area contributed by atoms with Gasteiger partial charge in [-0.25, -0.2) is 0 Å². The van der Waals surface area contributed by atoms with Crippen LogP contribution in [0.4, 0.5) is 28.4 Å². The van der Waals surface area contributed by atoms with Crippen molar-refractivity contribution < 1.29 is 0 Å². The number of nitrogens with one attached hydrogen (secondary N) is 5. The standard InChI is InChI=1S/C32H22N2.C30H20Br2N2.C30H18N2.C18H10I2.C6H6BrN.C2H5I.C2H6/c1-2-34-26-18-10-8-16-24(26)29-30-27(20-12-4-6-14-22(20)32(29)34)19-11-3-5-13-21(19)31-28(30)23-15-7-9-17-25(23)33-31;31-24-13-5-7-15-26(24)33-28-17-19-18-29(34-27-16-8-6-14-25(27)32)21-10-2-4-12-23(21)30(19)22-11-3-1-9-20(22)28;1-3-11-19-17(9-1)25-18-10-2-4-12-20(18)30-27(22-14-6-8-16-24(22)32-30)28(25)26-21-13-5-7-15-23(21)31-29(19)26;19-16-9-11-10-17(20)13-6-2-4-8-15(13)18(11)14-7-3-1-5-12(14)16;7-5-3-1-2-4-6(5)8;1-2-3;1-2/h3-18,33H,2H2,1H3;1-18,33-34H;1-16,31-32H;1-10H;1-4H,8H2;2H2,1H3;1-2H3. The molecule has 0 saturated heterocycles. The molecule has 0 atom stereocenters. The Morgan fingerprint density at radius 1 is 0.263 bits per heavy atom. The predicted molar refractivity (Wildman–Crippen MR) is 617 cm³/mol. The number of benzene rings is 23. The van der Waals surface area contributed by atoms with Crippen LogP contribution in [0.1, 0.15) is 27.7 Å². The van der Waals surface area contributed by atoms with Crippen LogP contribution in [0.3, 0.4) is 0 Å². The number of aryl methyl sites for hydroxylation is 1. The maximum absolute atomic E-state index is 5.47. The number of hydrogen-bond donors (Lipinski definition) is 6. The fraction of sp³-hybridized carbons (Fsp3) is 0.0500. The van der Waals surface area contributed by atoms with Crippen molar-refractivity contribution in [3.63, 3.8) is 0 Å². The average Bonchev–Trinajstić information content (AvgIpc) is 1.53. The first-order chi connectivity index (χ1) is 65.4. The number of rotatable bonds is 5. The molecule has 0 saturated carbocycles. The van der Waals surface area contributed by atoms with Crippen molar-refractivity contribution in [3.8, 4) is 0 Å². The SMILES string of the molecule is Brc1ccccc1Nc1cc2cc(Nc3ccccc3Br)c3ccccc3c2c2ccccc12.CC.CCI.CCn1c2ccccc2c2c3c(c4ccccc4c4[nH]c5ccccc5c43)c3ccccc3c21.Ic1cc2cc(I)c3ccccc3c2c2ccccc12.Nc1ccccc1Br.c1ccc2c(c1)[nH]c1c3ccccc3c3c4ccccc4c4[nH]c5ccccc5c4c3c21. The largest absolute Gasteiger partial charge is 0.398 e. The second kappa shape index (κ2) is 37.5. The number of para-hydroxylation sites is 7. The van der Waals surface area contributed by atoms with Gasteiger partial charge in [-0.3, -0.25) is 0 Å². The van der Waals surface area contributed by atoms with Gasteiger partial charge in [0, 0.05) is 152 Å². The van der Waals surface area contributed by atoms with Crippen molar-refractivity contribution in [1.82, 2.24) is 19.5 Å². The number of hydrogen-bond acceptors (Lipinski definition) is 3. The zero-order chi connectivity index (χ0) is 90.6. The molecule has 0 aliphatic rings. The summed E-state index contributed by atoms with van der Waals surface area (Å²) in [7, 11) is 0. The second-order valence-corrected chi connectivity index (χ2v) is 39.3. The van der Waals surface area contributed by atoms with Crippen molar-refractivity contribution in [2.75, 3.05) is 20.8 Å². The molecule has 23 aromatic carbocycles. The Labute approximate surface area is 835 Å². The Morgan fingerprint density at radius 3 is 0.895 bits per heavy atom. The highest BCUT2D eigenvalue weighted by Gasteiger charge is 2.26. The highest BCUT2D eigenvalue weighted by atomic mass is 127. The van der Waals surface area contributed by atoms with Gasteiger partial charge in [0.05, 0.1) is 33.4 Å². The van der Waals surface area contributed by atoms with Gasteiger partial charge >= 0.3 is 0 Å². The molecular formula is C120H87Br3I3N7. The van der Waals surface area contributed by atoms with Crippen LogP contribution in [0.15, 0.2) is 402 Å².